The number of carbonyl (C=O) groups is 3. The molecule has 0 aromatic heterocycles. The number of amides is 4. The van der Waals surface area contributed by atoms with E-state index < -0.39 is 17.8 Å². The lowest BCUT2D eigenvalue weighted by Crippen LogP contribution is -2.54. The number of carbonyl (C=O) groups excluding carboxylic acids is 3. The van der Waals surface area contributed by atoms with Crippen molar-refractivity contribution in [2.45, 2.75) is 20.5 Å². The van der Waals surface area contributed by atoms with Gasteiger partial charge in [0.15, 0.2) is 11.5 Å². The van der Waals surface area contributed by atoms with Gasteiger partial charge in [-0.1, -0.05) is 57.4 Å². The van der Waals surface area contributed by atoms with Crippen LogP contribution in [0.2, 0.25) is 5.02 Å². The van der Waals surface area contributed by atoms with E-state index in [2.05, 4.69) is 21.2 Å². The molecule has 4 rings (SSSR count). The standard InChI is InChI=1S/C27H22BrClN2O5/c1-15-4-9-22(16(2)10-15)31-26(33)20(25(32)30-27(31)34)11-18-12-21(29)24(23(13-18)35-3)36-14-17-5-7-19(28)8-6-17/h4-13H,14H2,1-3H3,(H,30,32,34)/b20-11+. The molecule has 0 atom stereocenters. The predicted octanol–water partition coefficient (Wildman–Crippen LogP) is 5.97. The molecular weight excluding hydrogens is 548 g/mol. The molecule has 0 bridgehead atoms. The number of barbiturate groups is 1. The zero-order valence-electron chi connectivity index (χ0n) is 19.7. The Hall–Kier alpha value is -3.62. The van der Waals surface area contributed by atoms with Crippen LogP contribution in [0.15, 0.2) is 64.6 Å². The van der Waals surface area contributed by atoms with E-state index >= 15 is 0 Å². The molecule has 184 valence electrons. The number of nitrogens with one attached hydrogen (secondary N) is 1. The van der Waals surface area contributed by atoms with Gasteiger partial charge < -0.3 is 9.47 Å². The maximum Gasteiger partial charge on any atom is 0.335 e. The minimum atomic E-state index is -0.804. The van der Waals surface area contributed by atoms with Gasteiger partial charge in [0.1, 0.15) is 12.2 Å². The second-order valence-corrected chi connectivity index (χ2v) is 9.52. The number of hydrogen-bond donors (Lipinski definition) is 1. The molecule has 0 unspecified atom stereocenters. The van der Waals surface area contributed by atoms with Crippen molar-refractivity contribution in [1.82, 2.24) is 5.32 Å². The number of methoxy groups -OCH3 is 1. The van der Waals surface area contributed by atoms with Crippen LogP contribution in [0.5, 0.6) is 11.5 Å². The van der Waals surface area contributed by atoms with Crippen molar-refractivity contribution >= 4 is 57.1 Å². The first-order valence-corrected chi connectivity index (χ1v) is 12.1. The third-order valence-electron chi connectivity index (χ3n) is 5.55. The van der Waals surface area contributed by atoms with Crippen molar-refractivity contribution < 1.29 is 23.9 Å². The van der Waals surface area contributed by atoms with E-state index in [0.29, 0.717) is 22.7 Å². The molecule has 1 aliphatic heterocycles. The molecule has 0 saturated carbocycles. The van der Waals surface area contributed by atoms with Crippen molar-refractivity contribution in [1.29, 1.82) is 0 Å². The van der Waals surface area contributed by atoms with Gasteiger partial charge in [-0.2, -0.15) is 0 Å². The molecule has 36 heavy (non-hydrogen) atoms. The second-order valence-electron chi connectivity index (χ2n) is 8.20. The monoisotopic (exact) mass is 568 g/mol. The van der Waals surface area contributed by atoms with Gasteiger partial charge in [-0.05, 0) is 66.9 Å². The molecule has 9 heteroatoms. The summed E-state index contributed by atoms with van der Waals surface area (Å²) in [6.07, 6.45) is 1.37. The van der Waals surface area contributed by atoms with E-state index in [1.165, 1.54) is 13.2 Å². The summed E-state index contributed by atoms with van der Waals surface area (Å²) in [5, 5.41) is 2.47. The topological polar surface area (TPSA) is 84.9 Å². The molecule has 1 aliphatic rings. The molecule has 0 spiro atoms. The highest BCUT2D eigenvalue weighted by Crippen LogP contribution is 2.38. The zero-order chi connectivity index (χ0) is 26.0. The SMILES string of the molecule is COc1cc(/C=C2\C(=O)NC(=O)N(c3ccc(C)cc3C)C2=O)cc(Cl)c1OCc1ccc(Br)cc1. The number of rotatable bonds is 6. The molecule has 1 fully saturated rings. The minimum Gasteiger partial charge on any atom is -0.493 e. The Bertz CT molecular complexity index is 1400. The number of halogens is 2. The average molecular weight is 570 g/mol. The van der Waals surface area contributed by atoms with Gasteiger partial charge in [0, 0.05) is 4.47 Å². The summed E-state index contributed by atoms with van der Waals surface area (Å²) < 4.78 is 12.3. The van der Waals surface area contributed by atoms with E-state index in [1.54, 1.807) is 31.2 Å². The number of hydrogen-bond acceptors (Lipinski definition) is 5. The van der Waals surface area contributed by atoms with Crippen molar-refractivity contribution in [2.75, 3.05) is 12.0 Å². The predicted molar refractivity (Wildman–Crippen MR) is 141 cm³/mol. The fourth-order valence-corrected chi connectivity index (χ4v) is 4.34. The number of aryl methyl sites for hydroxylation is 2. The number of nitrogens with zero attached hydrogens (tertiary/aromatic N) is 1. The number of urea groups is 1. The smallest absolute Gasteiger partial charge is 0.335 e. The molecular formula is C27H22BrClN2O5. The van der Waals surface area contributed by atoms with E-state index in [0.717, 1.165) is 26.1 Å². The molecule has 0 aliphatic carbocycles. The first-order valence-electron chi connectivity index (χ1n) is 10.9. The van der Waals surface area contributed by atoms with Crippen LogP contribution in [0.25, 0.3) is 6.08 Å². The Morgan fingerprint density at radius 2 is 1.75 bits per heavy atom. The Morgan fingerprint density at radius 3 is 2.42 bits per heavy atom. The number of imide groups is 2. The van der Waals surface area contributed by atoms with E-state index in [1.807, 2.05) is 37.3 Å². The summed E-state index contributed by atoms with van der Waals surface area (Å²) in [7, 11) is 1.47. The average Bonchev–Trinajstić information content (AvgIpc) is 2.83. The van der Waals surface area contributed by atoms with E-state index in [9.17, 15) is 14.4 Å². The van der Waals surface area contributed by atoms with Crippen LogP contribution in [0.4, 0.5) is 10.5 Å². The molecule has 1 N–H and O–H groups in total. The van der Waals surface area contributed by atoms with Gasteiger partial charge in [0.05, 0.1) is 17.8 Å². The maximum absolute atomic E-state index is 13.3. The molecule has 1 saturated heterocycles. The Balaban J connectivity index is 1.65. The summed E-state index contributed by atoms with van der Waals surface area (Å²) in [6, 6.07) is 15.3. The highest BCUT2D eigenvalue weighted by molar-refractivity contribution is 9.10. The Morgan fingerprint density at radius 1 is 1.03 bits per heavy atom. The van der Waals surface area contributed by atoms with Gasteiger partial charge in [-0.15, -0.1) is 0 Å². The summed E-state index contributed by atoms with van der Waals surface area (Å²) >= 11 is 9.88. The molecule has 3 aromatic rings. The number of ether oxygens (including phenoxy) is 2. The minimum absolute atomic E-state index is 0.212. The lowest BCUT2D eigenvalue weighted by Gasteiger charge is -2.27. The van der Waals surface area contributed by atoms with Crippen LogP contribution in [0.3, 0.4) is 0 Å². The number of anilines is 1. The quantitative estimate of drug-likeness (QED) is 0.292. The van der Waals surface area contributed by atoms with E-state index in [4.69, 9.17) is 21.1 Å². The third-order valence-corrected chi connectivity index (χ3v) is 6.36. The summed E-state index contributed by atoms with van der Waals surface area (Å²) in [5.41, 5.74) is 3.26. The van der Waals surface area contributed by atoms with Crippen LogP contribution in [0.1, 0.15) is 22.3 Å². The van der Waals surface area contributed by atoms with E-state index in [-0.39, 0.29) is 17.2 Å². The van der Waals surface area contributed by atoms with Crippen LogP contribution in [-0.4, -0.2) is 25.0 Å². The van der Waals surface area contributed by atoms with Crippen molar-refractivity contribution in [3.63, 3.8) is 0 Å². The van der Waals surface area contributed by atoms with Gasteiger partial charge in [-0.3, -0.25) is 14.9 Å². The summed E-state index contributed by atoms with van der Waals surface area (Å²) in [5.74, 6) is -0.869. The third kappa shape index (κ3) is 5.29. The van der Waals surface area contributed by atoms with Crippen LogP contribution < -0.4 is 19.7 Å². The van der Waals surface area contributed by atoms with Gasteiger partial charge in [0.2, 0.25) is 0 Å². The highest BCUT2D eigenvalue weighted by atomic mass is 79.9. The van der Waals surface area contributed by atoms with Gasteiger partial charge in [-0.25, -0.2) is 9.69 Å². The molecule has 0 radical (unpaired) electrons. The first-order chi connectivity index (χ1) is 17.2. The lowest BCUT2D eigenvalue weighted by molar-refractivity contribution is -0.122. The number of benzene rings is 3. The van der Waals surface area contributed by atoms with Crippen LogP contribution in [0, 0.1) is 13.8 Å². The molecule has 7 nitrogen and oxygen atoms in total. The maximum atomic E-state index is 13.3. The molecule has 1 heterocycles. The fourth-order valence-electron chi connectivity index (χ4n) is 3.80. The Labute approximate surface area is 221 Å². The highest BCUT2D eigenvalue weighted by Gasteiger charge is 2.37. The van der Waals surface area contributed by atoms with Crippen LogP contribution in [-0.2, 0) is 16.2 Å². The largest absolute Gasteiger partial charge is 0.493 e. The van der Waals surface area contributed by atoms with Gasteiger partial charge in [0.25, 0.3) is 11.8 Å². The molecule has 4 amide bonds. The molecule has 3 aromatic carbocycles. The van der Waals surface area contributed by atoms with Gasteiger partial charge >= 0.3 is 6.03 Å². The fraction of sp³-hybridized carbons (Fsp3) is 0.148. The second kappa shape index (κ2) is 10.6. The first kappa shape index (κ1) is 25.5. The summed E-state index contributed by atoms with van der Waals surface area (Å²) in [6.45, 7) is 3.96. The van der Waals surface area contributed by atoms with Crippen molar-refractivity contribution in [2.24, 2.45) is 0 Å². The summed E-state index contributed by atoms with van der Waals surface area (Å²) in [4.78, 5) is 39.3. The van der Waals surface area contributed by atoms with Crippen molar-refractivity contribution in [3.05, 3.63) is 91.9 Å². The Kier molecular flexibility index (Phi) is 7.47. The van der Waals surface area contributed by atoms with Crippen molar-refractivity contribution in [3.8, 4) is 11.5 Å². The van der Waals surface area contributed by atoms with Crippen LogP contribution >= 0.6 is 27.5 Å². The zero-order valence-corrected chi connectivity index (χ0v) is 22.1. The lowest BCUT2D eigenvalue weighted by atomic mass is 10.0. The normalized spacial score (nSPS) is 14.8.